The minimum absolute atomic E-state index is 0.141. The number of aromatic nitrogens is 2. The highest BCUT2D eigenvalue weighted by atomic mass is 16.5. The topological polar surface area (TPSA) is 110 Å². The summed E-state index contributed by atoms with van der Waals surface area (Å²) in [6.07, 6.45) is 1.41. The number of carbonyl (C=O) groups excluding carboxylic acids is 2. The van der Waals surface area contributed by atoms with Crippen molar-refractivity contribution in [3.8, 4) is 5.75 Å². The zero-order valence-corrected chi connectivity index (χ0v) is 10.6. The fourth-order valence-corrected chi connectivity index (χ4v) is 1.55. The van der Waals surface area contributed by atoms with Crippen LogP contribution in [0, 0.1) is 0 Å². The minimum Gasteiger partial charge on any atom is -0.493 e. The van der Waals surface area contributed by atoms with Crippen molar-refractivity contribution in [1.29, 1.82) is 0 Å². The molecule has 0 saturated carbocycles. The van der Waals surface area contributed by atoms with Crippen molar-refractivity contribution in [1.82, 2.24) is 10.2 Å². The third-order valence-electron chi connectivity index (χ3n) is 2.51. The standard InChI is InChI=1S/C13H14N4O3/c14-12(19)10-8-15-17-13(10)16-11(18)6-7-20-9-4-2-1-3-5-9/h1-5,8H,6-7H2,(H2,14,19)(H2,15,16,17,18). The number of nitrogens with two attached hydrogens (primary N) is 1. The summed E-state index contributed by atoms with van der Waals surface area (Å²) in [5.41, 5.74) is 5.28. The zero-order valence-electron chi connectivity index (χ0n) is 10.6. The van der Waals surface area contributed by atoms with E-state index in [0.29, 0.717) is 5.75 Å². The molecule has 7 heteroatoms. The Bertz CT molecular complexity index is 595. The summed E-state index contributed by atoms with van der Waals surface area (Å²) in [7, 11) is 0. The first kappa shape index (κ1) is 13.6. The number of nitrogens with zero attached hydrogens (tertiary/aromatic N) is 1. The van der Waals surface area contributed by atoms with Crippen molar-refractivity contribution in [2.45, 2.75) is 6.42 Å². The summed E-state index contributed by atoms with van der Waals surface area (Å²) >= 11 is 0. The molecule has 20 heavy (non-hydrogen) atoms. The highest BCUT2D eigenvalue weighted by Crippen LogP contribution is 2.11. The number of primary amides is 1. The van der Waals surface area contributed by atoms with E-state index >= 15 is 0 Å². The van der Waals surface area contributed by atoms with Gasteiger partial charge >= 0.3 is 0 Å². The van der Waals surface area contributed by atoms with Crippen LogP contribution in [0.4, 0.5) is 5.82 Å². The van der Waals surface area contributed by atoms with Crippen molar-refractivity contribution >= 4 is 17.6 Å². The maximum atomic E-state index is 11.7. The van der Waals surface area contributed by atoms with Gasteiger partial charge in [-0.05, 0) is 12.1 Å². The van der Waals surface area contributed by atoms with Gasteiger partial charge in [0.25, 0.3) is 5.91 Å². The summed E-state index contributed by atoms with van der Waals surface area (Å²) in [5, 5.41) is 8.68. The van der Waals surface area contributed by atoms with E-state index in [4.69, 9.17) is 10.5 Å². The number of benzene rings is 1. The number of para-hydroxylation sites is 1. The molecule has 104 valence electrons. The second-order valence-corrected chi connectivity index (χ2v) is 3.98. The lowest BCUT2D eigenvalue weighted by Crippen LogP contribution is -2.19. The summed E-state index contributed by atoms with van der Waals surface area (Å²) in [4.78, 5) is 22.7. The summed E-state index contributed by atoms with van der Waals surface area (Å²) in [6.45, 7) is 0.232. The third-order valence-corrected chi connectivity index (χ3v) is 2.51. The van der Waals surface area contributed by atoms with Gasteiger partial charge < -0.3 is 15.8 Å². The second-order valence-electron chi connectivity index (χ2n) is 3.98. The van der Waals surface area contributed by atoms with E-state index in [1.807, 2.05) is 18.2 Å². The molecule has 1 aromatic carbocycles. The molecule has 4 N–H and O–H groups in total. The van der Waals surface area contributed by atoms with Gasteiger partial charge in [-0.3, -0.25) is 14.7 Å². The Morgan fingerprint density at radius 3 is 2.75 bits per heavy atom. The van der Waals surface area contributed by atoms with Crippen molar-refractivity contribution < 1.29 is 14.3 Å². The Hall–Kier alpha value is -2.83. The summed E-state index contributed by atoms with van der Waals surface area (Å²) in [6, 6.07) is 9.18. The van der Waals surface area contributed by atoms with Crippen molar-refractivity contribution in [2.24, 2.45) is 5.73 Å². The molecule has 1 aromatic heterocycles. The third kappa shape index (κ3) is 3.58. The van der Waals surface area contributed by atoms with Crippen LogP contribution < -0.4 is 15.8 Å². The van der Waals surface area contributed by atoms with Crippen LogP contribution in [-0.2, 0) is 4.79 Å². The zero-order chi connectivity index (χ0) is 14.4. The van der Waals surface area contributed by atoms with E-state index in [-0.39, 0.29) is 30.3 Å². The predicted molar refractivity (Wildman–Crippen MR) is 72.3 cm³/mol. The van der Waals surface area contributed by atoms with Gasteiger partial charge in [0.15, 0.2) is 0 Å². The molecule has 0 spiro atoms. The summed E-state index contributed by atoms with van der Waals surface area (Å²) in [5.74, 6) is -0.0656. The van der Waals surface area contributed by atoms with Crippen molar-refractivity contribution in [3.05, 3.63) is 42.1 Å². The maximum absolute atomic E-state index is 11.7. The second kappa shape index (κ2) is 6.37. The molecule has 2 rings (SSSR count). The van der Waals surface area contributed by atoms with Crippen LogP contribution in [0.1, 0.15) is 16.8 Å². The van der Waals surface area contributed by atoms with E-state index in [1.54, 1.807) is 12.1 Å². The molecule has 0 aliphatic carbocycles. The van der Waals surface area contributed by atoms with Gasteiger partial charge in [-0.25, -0.2) is 0 Å². The maximum Gasteiger partial charge on any atom is 0.254 e. The van der Waals surface area contributed by atoms with E-state index in [0.717, 1.165) is 0 Å². The largest absolute Gasteiger partial charge is 0.493 e. The van der Waals surface area contributed by atoms with E-state index in [2.05, 4.69) is 15.5 Å². The van der Waals surface area contributed by atoms with E-state index in [9.17, 15) is 9.59 Å². The molecule has 0 aliphatic rings. The van der Waals surface area contributed by atoms with Crippen LogP contribution in [0.25, 0.3) is 0 Å². The fourth-order valence-electron chi connectivity index (χ4n) is 1.55. The predicted octanol–water partition coefficient (Wildman–Crippen LogP) is 0.916. The average molecular weight is 274 g/mol. The molecule has 0 unspecified atom stereocenters. The number of rotatable bonds is 6. The van der Waals surface area contributed by atoms with E-state index < -0.39 is 5.91 Å². The van der Waals surface area contributed by atoms with Crippen LogP contribution in [0.2, 0.25) is 0 Å². The summed E-state index contributed by atoms with van der Waals surface area (Å²) < 4.78 is 5.40. The van der Waals surface area contributed by atoms with Crippen LogP contribution in [-0.4, -0.2) is 28.6 Å². The molecule has 2 amide bonds. The molecule has 0 fully saturated rings. The lowest BCUT2D eigenvalue weighted by molar-refractivity contribution is -0.116. The molecule has 0 radical (unpaired) electrons. The van der Waals surface area contributed by atoms with E-state index in [1.165, 1.54) is 6.20 Å². The number of nitrogens with one attached hydrogen (secondary N) is 2. The van der Waals surface area contributed by atoms with Gasteiger partial charge in [0.2, 0.25) is 5.91 Å². The molecule has 0 saturated heterocycles. The highest BCUT2D eigenvalue weighted by Gasteiger charge is 2.12. The number of hydrogen-bond donors (Lipinski definition) is 3. The Morgan fingerprint density at radius 2 is 2.05 bits per heavy atom. The molecule has 7 nitrogen and oxygen atoms in total. The first-order valence-electron chi connectivity index (χ1n) is 5.97. The Morgan fingerprint density at radius 1 is 1.30 bits per heavy atom. The number of ether oxygens (including phenoxy) is 1. The normalized spacial score (nSPS) is 10.0. The van der Waals surface area contributed by atoms with Crippen molar-refractivity contribution in [2.75, 3.05) is 11.9 Å². The fraction of sp³-hybridized carbons (Fsp3) is 0.154. The van der Waals surface area contributed by atoms with Crippen LogP contribution in [0.3, 0.4) is 0 Å². The molecule has 0 atom stereocenters. The number of hydrogen-bond acceptors (Lipinski definition) is 4. The Kier molecular flexibility index (Phi) is 4.33. The molecular weight excluding hydrogens is 260 g/mol. The van der Waals surface area contributed by atoms with Gasteiger partial charge in [-0.1, -0.05) is 18.2 Å². The Labute approximate surface area is 115 Å². The van der Waals surface area contributed by atoms with Crippen LogP contribution in [0.5, 0.6) is 5.75 Å². The van der Waals surface area contributed by atoms with Gasteiger partial charge in [-0.2, -0.15) is 5.10 Å². The molecule has 0 bridgehead atoms. The number of H-pyrrole nitrogens is 1. The van der Waals surface area contributed by atoms with Gasteiger partial charge in [0.1, 0.15) is 17.1 Å². The van der Waals surface area contributed by atoms with Crippen LogP contribution >= 0.6 is 0 Å². The highest BCUT2D eigenvalue weighted by molar-refractivity contribution is 6.01. The van der Waals surface area contributed by atoms with Gasteiger partial charge in [0.05, 0.1) is 19.2 Å². The first-order valence-corrected chi connectivity index (χ1v) is 5.97. The number of anilines is 1. The first-order chi connectivity index (χ1) is 9.66. The smallest absolute Gasteiger partial charge is 0.254 e. The SMILES string of the molecule is NC(=O)c1cn[nH]c1NC(=O)CCOc1ccccc1. The Balaban J connectivity index is 1.81. The van der Waals surface area contributed by atoms with Crippen LogP contribution in [0.15, 0.2) is 36.5 Å². The number of aromatic amines is 1. The van der Waals surface area contributed by atoms with Gasteiger partial charge in [0, 0.05) is 0 Å². The number of amides is 2. The average Bonchev–Trinajstić information content (AvgIpc) is 2.88. The monoisotopic (exact) mass is 274 g/mol. The lowest BCUT2D eigenvalue weighted by atomic mass is 10.3. The quantitative estimate of drug-likeness (QED) is 0.727. The lowest BCUT2D eigenvalue weighted by Gasteiger charge is -2.06. The van der Waals surface area contributed by atoms with Crippen molar-refractivity contribution in [3.63, 3.8) is 0 Å². The van der Waals surface area contributed by atoms with Gasteiger partial charge in [-0.15, -0.1) is 0 Å². The number of carbonyl (C=O) groups is 2. The molecule has 2 aromatic rings. The molecular formula is C13H14N4O3. The molecule has 1 heterocycles. The minimum atomic E-state index is -0.658. The molecule has 0 aliphatic heterocycles.